The van der Waals surface area contributed by atoms with Gasteiger partial charge in [0.25, 0.3) is 30.4 Å². The Bertz CT molecular complexity index is 2620. The molecule has 0 aliphatic rings. The first-order valence-electron chi connectivity index (χ1n) is 16.5. The fourth-order valence-corrected chi connectivity index (χ4v) is 6.24. The van der Waals surface area contributed by atoms with Crippen molar-refractivity contribution < 1.29 is 58.3 Å². The molecule has 0 aliphatic heterocycles. The molecule has 5 rings (SSSR count). The summed E-state index contributed by atoms with van der Waals surface area (Å²) >= 11 is 0.732. The molecule has 1 aromatic heterocycles. The van der Waals surface area contributed by atoms with Gasteiger partial charge in [-0.05, 0) is 85.3 Å². The predicted octanol–water partition coefficient (Wildman–Crippen LogP) is 6.82. The van der Waals surface area contributed by atoms with E-state index >= 15 is 0 Å². The maximum atomic E-state index is 11.3. The Hall–Kier alpha value is -5.75. The highest BCUT2D eigenvalue weighted by Gasteiger charge is 2.14. The third-order valence-corrected chi connectivity index (χ3v) is 10.1. The first-order valence-corrected chi connectivity index (χ1v) is 21.9. The predicted molar refractivity (Wildman–Crippen MR) is 212 cm³/mol. The van der Waals surface area contributed by atoms with E-state index in [1.807, 2.05) is 0 Å². The monoisotopic (exact) mass is 892 g/mol. The van der Waals surface area contributed by atoms with E-state index in [1.165, 1.54) is 30.3 Å². The van der Waals surface area contributed by atoms with Crippen LogP contribution in [0.5, 0.6) is 5.75 Å². The van der Waals surface area contributed by atoms with Crippen molar-refractivity contribution in [2.24, 2.45) is 20.5 Å². The molecule has 5 aromatic rings. The zero-order valence-electron chi connectivity index (χ0n) is 29.9. The zero-order chi connectivity index (χ0) is 42.5. The van der Waals surface area contributed by atoms with E-state index in [1.54, 1.807) is 60.7 Å². The van der Waals surface area contributed by atoms with Crippen LogP contribution in [-0.2, 0) is 39.7 Å². The summed E-state index contributed by atoms with van der Waals surface area (Å²) in [6, 6.07) is 22.7. The van der Waals surface area contributed by atoms with Crippen molar-refractivity contribution in [2.75, 3.05) is 40.6 Å². The number of anilines is 5. The van der Waals surface area contributed by atoms with Crippen LogP contribution in [0.25, 0.3) is 0 Å². The van der Waals surface area contributed by atoms with Gasteiger partial charge in [-0.25, -0.2) is 5.26 Å². The SMILES string of the molecule is O=S(=O)(O)CCCOc1cc(N=Nc2cccc(SOOO)c2)ccc1Nc1nc(NCCS(=O)(=O)O)nc(Nc2ccc(N=Nc3ccc(S(=O)(=O)O)cc3)cc2)n1. The van der Waals surface area contributed by atoms with Crippen molar-refractivity contribution in [3.05, 3.63) is 91.0 Å². The smallest absolute Gasteiger partial charge is 0.294 e. The molecule has 59 heavy (non-hydrogen) atoms. The van der Waals surface area contributed by atoms with E-state index in [0.29, 0.717) is 33.3 Å². The Labute approximate surface area is 340 Å². The number of ether oxygens (including phenoxy) is 1. The van der Waals surface area contributed by atoms with E-state index in [4.69, 9.17) is 19.1 Å². The van der Waals surface area contributed by atoms with Crippen LogP contribution in [0.3, 0.4) is 0 Å². The molecule has 0 saturated heterocycles. The van der Waals surface area contributed by atoms with Crippen LogP contribution < -0.4 is 20.7 Å². The molecule has 1 heterocycles. The number of aromatic nitrogens is 3. The standard InChI is InChI=1S/C32H32N10O13S4/c43-54-55-56-26-4-1-3-24(19-26)41-42-25-11-14-28(29(20-25)53-16-2-17-57(44,45)46)35-32-37-30(33-15-18-58(47,48)49)36-31(38-32)34-21-5-7-22(8-6-21)39-40-23-9-12-27(13-10-23)59(50,51)52/h1,3-14,19-20,43H,2,15-18H2,(H,44,45,46)(H,47,48,49)(H,50,51,52)(H3,33,34,35,36,37,38). The van der Waals surface area contributed by atoms with Gasteiger partial charge >= 0.3 is 0 Å². The molecular weight excluding hydrogens is 861 g/mol. The third kappa shape index (κ3) is 15.5. The lowest BCUT2D eigenvalue weighted by Gasteiger charge is -2.15. The summed E-state index contributed by atoms with van der Waals surface area (Å²) in [7, 11) is -12.9. The molecule has 0 radical (unpaired) electrons. The molecule has 27 heteroatoms. The van der Waals surface area contributed by atoms with Gasteiger partial charge in [-0.1, -0.05) is 11.1 Å². The molecule has 0 fully saturated rings. The van der Waals surface area contributed by atoms with Crippen LogP contribution in [-0.4, -0.2) is 83.8 Å². The quantitative estimate of drug-likeness (QED) is 0.00991. The summed E-state index contributed by atoms with van der Waals surface area (Å²) in [6.45, 7) is -0.421. The Kier molecular flexibility index (Phi) is 15.3. The van der Waals surface area contributed by atoms with Crippen molar-refractivity contribution in [2.45, 2.75) is 16.2 Å². The van der Waals surface area contributed by atoms with E-state index in [0.717, 1.165) is 12.0 Å². The number of rotatable bonds is 21. The Morgan fingerprint density at radius 3 is 1.85 bits per heavy atom. The number of nitrogens with zero attached hydrogens (tertiary/aromatic N) is 7. The van der Waals surface area contributed by atoms with Gasteiger partial charge in [0.1, 0.15) is 5.75 Å². The van der Waals surface area contributed by atoms with Crippen LogP contribution in [0.2, 0.25) is 0 Å². The molecule has 0 spiro atoms. The van der Waals surface area contributed by atoms with Crippen LogP contribution in [0.15, 0.2) is 121 Å². The highest BCUT2D eigenvalue weighted by molar-refractivity contribution is 7.94. The average molecular weight is 893 g/mol. The minimum Gasteiger partial charge on any atom is -0.491 e. The lowest BCUT2D eigenvalue weighted by molar-refractivity contribution is -0.432. The number of benzene rings is 4. The fourth-order valence-electron chi connectivity index (χ4n) is 4.51. The second-order valence-corrected chi connectivity index (χ2v) is 16.9. The molecule has 0 atom stereocenters. The van der Waals surface area contributed by atoms with Gasteiger partial charge < -0.3 is 20.7 Å². The molecule has 7 N–H and O–H groups in total. The van der Waals surface area contributed by atoms with Crippen LogP contribution >= 0.6 is 12.0 Å². The number of hydrogen-bond acceptors (Lipinski definition) is 21. The molecule has 0 amide bonds. The number of azo groups is 2. The highest BCUT2D eigenvalue weighted by atomic mass is 32.2. The molecule has 4 aromatic carbocycles. The van der Waals surface area contributed by atoms with Crippen molar-refractivity contribution >= 4 is 94.4 Å². The minimum absolute atomic E-state index is 0.0254. The van der Waals surface area contributed by atoms with Gasteiger partial charge in [0.05, 0.1) is 63.5 Å². The molecular formula is C32H32N10O13S4. The molecule has 312 valence electrons. The van der Waals surface area contributed by atoms with Crippen molar-refractivity contribution in [1.29, 1.82) is 0 Å². The van der Waals surface area contributed by atoms with Crippen LogP contribution in [0.1, 0.15) is 6.42 Å². The molecule has 0 bridgehead atoms. The van der Waals surface area contributed by atoms with E-state index in [2.05, 4.69) is 60.7 Å². The summed E-state index contributed by atoms with van der Waals surface area (Å²) in [4.78, 5) is 13.2. The van der Waals surface area contributed by atoms with Gasteiger partial charge in [0.2, 0.25) is 17.8 Å². The van der Waals surface area contributed by atoms with Gasteiger partial charge in [-0.2, -0.15) is 60.7 Å². The summed E-state index contributed by atoms with van der Waals surface area (Å²) in [5.74, 6) is -1.28. The fraction of sp³-hybridized carbons (Fsp3) is 0.156. The van der Waals surface area contributed by atoms with Gasteiger partial charge in [-0.3, -0.25) is 13.7 Å². The van der Waals surface area contributed by atoms with Gasteiger partial charge in [0.15, 0.2) is 0 Å². The van der Waals surface area contributed by atoms with E-state index in [-0.39, 0.29) is 53.7 Å². The summed E-state index contributed by atoms with van der Waals surface area (Å²) in [6.07, 6.45) is -0.0694. The molecule has 0 aliphatic carbocycles. The number of hydrogen-bond donors (Lipinski definition) is 7. The van der Waals surface area contributed by atoms with E-state index < -0.39 is 41.9 Å². The van der Waals surface area contributed by atoms with E-state index in [9.17, 15) is 29.8 Å². The molecule has 0 saturated carbocycles. The first-order chi connectivity index (χ1) is 28.0. The topological polar surface area (TPSA) is 335 Å². The summed E-state index contributed by atoms with van der Waals surface area (Å²) in [5.41, 5.74) is 2.20. The largest absolute Gasteiger partial charge is 0.491 e. The van der Waals surface area contributed by atoms with Crippen LogP contribution in [0, 0.1) is 0 Å². The number of nitrogens with one attached hydrogen (secondary N) is 3. The Morgan fingerprint density at radius 1 is 0.644 bits per heavy atom. The Morgan fingerprint density at radius 2 is 1.22 bits per heavy atom. The third-order valence-electron chi connectivity index (χ3n) is 7.09. The second kappa shape index (κ2) is 20.3. The van der Waals surface area contributed by atoms with Crippen molar-refractivity contribution in [3.63, 3.8) is 0 Å². The summed E-state index contributed by atoms with van der Waals surface area (Å²) < 4.78 is 106. The first kappa shape index (κ1) is 44.4. The van der Waals surface area contributed by atoms with Crippen LogP contribution in [0.4, 0.5) is 52.0 Å². The van der Waals surface area contributed by atoms with Gasteiger partial charge in [-0.15, -0.1) is 4.33 Å². The highest BCUT2D eigenvalue weighted by Crippen LogP contribution is 2.33. The zero-order valence-corrected chi connectivity index (χ0v) is 33.2. The normalized spacial score (nSPS) is 12.2. The maximum Gasteiger partial charge on any atom is 0.294 e. The Balaban J connectivity index is 1.38. The van der Waals surface area contributed by atoms with Crippen molar-refractivity contribution in [3.8, 4) is 5.75 Å². The van der Waals surface area contributed by atoms with Crippen molar-refractivity contribution in [1.82, 2.24) is 15.0 Å². The summed E-state index contributed by atoms with van der Waals surface area (Å²) in [5, 5.41) is 37.3. The second-order valence-electron chi connectivity index (χ2n) is 11.6. The molecule has 0 unspecified atom stereocenters. The lowest BCUT2D eigenvalue weighted by Crippen LogP contribution is -2.17. The minimum atomic E-state index is -4.36. The maximum absolute atomic E-state index is 11.3. The lowest BCUT2D eigenvalue weighted by atomic mass is 10.2. The molecule has 23 nitrogen and oxygen atoms in total. The average Bonchev–Trinajstić information content (AvgIpc) is 3.17. The van der Waals surface area contributed by atoms with Gasteiger partial charge in [0, 0.05) is 23.2 Å².